The second-order valence-corrected chi connectivity index (χ2v) is 8.03. The molecule has 0 aromatic carbocycles. The van der Waals surface area contributed by atoms with Crippen LogP contribution < -0.4 is 5.32 Å². The quantitative estimate of drug-likeness (QED) is 0.526. The summed E-state index contributed by atoms with van der Waals surface area (Å²) >= 11 is 8.36. The van der Waals surface area contributed by atoms with Gasteiger partial charge in [-0.1, -0.05) is 11.6 Å². The first kappa shape index (κ1) is 16.1. The number of nitrogens with one attached hydrogen (secondary N) is 1. The first-order valence-corrected chi connectivity index (χ1v) is 9.36. The normalized spacial score (nSPS) is 25.9. The van der Waals surface area contributed by atoms with Crippen molar-refractivity contribution < 1.29 is 9.90 Å². The van der Waals surface area contributed by atoms with Gasteiger partial charge in [0.15, 0.2) is 0 Å². The van der Waals surface area contributed by atoms with Crippen LogP contribution in [0.2, 0.25) is 5.15 Å². The van der Waals surface area contributed by atoms with Gasteiger partial charge in [0, 0.05) is 39.3 Å². The second kappa shape index (κ2) is 6.18. The zero-order valence-corrected chi connectivity index (χ0v) is 15.7. The predicted molar refractivity (Wildman–Crippen MR) is 101 cm³/mol. The van der Waals surface area contributed by atoms with Crippen LogP contribution in [-0.4, -0.2) is 44.2 Å². The summed E-state index contributed by atoms with van der Waals surface area (Å²) in [5.41, 5.74) is 0.809. The molecule has 2 aromatic heterocycles. The number of carbonyl (C=O) groups is 1. The Morgan fingerprint density at radius 1 is 1.33 bits per heavy atom. The monoisotopic (exact) mass is 458 g/mol. The minimum absolute atomic E-state index is 0.0995. The van der Waals surface area contributed by atoms with Gasteiger partial charge in [0.05, 0.1) is 5.52 Å². The number of fused-ring (bicyclic) bond motifs is 3. The van der Waals surface area contributed by atoms with Crippen LogP contribution in [0.25, 0.3) is 10.9 Å². The molecular weight excluding hydrogens is 443 g/mol. The van der Waals surface area contributed by atoms with Crippen LogP contribution in [-0.2, 0) is 0 Å². The lowest BCUT2D eigenvalue weighted by atomic mass is 9.97. The Morgan fingerprint density at radius 3 is 2.71 bits per heavy atom. The highest BCUT2D eigenvalue weighted by Crippen LogP contribution is 2.37. The van der Waals surface area contributed by atoms with Crippen molar-refractivity contribution >= 4 is 57.0 Å². The lowest BCUT2D eigenvalue weighted by molar-refractivity contribution is 0.0994. The number of rotatable bonds is 2. The Labute approximate surface area is 157 Å². The van der Waals surface area contributed by atoms with E-state index in [1.165, 1.54) is 0 Å². The number of nitrogens with zero attached hydrogens (tertiary/aromatic N) is 3. The Kier molecular flexibility index (Phi) is 4.16. The number of carboxylic acid groups (broad SMARTS) is 1. The minimum atomic E-state index is -0.800. The fraction of sp³-hybridized carbons (Fsp3) is 0.438. The van der Waals surface area contributed by atoms with Crippen LogP contribution in [0.15, 0.2) is 18.3 Å². The largest absolute Gasteiger partial charge is 0.465 e. The Morgan fingerprint density at radius 2 is 2.04 bits per heavy atom. The number of halogens is 2. The van der Waals surface area contributed by atoms with Crippen molar-refractivity contribution in [2.45, 2.75) is 43.8 Å². The van der Waals surface area contributed by atoms with Gasteiger partial charge in [-0.15, -0.1) is 0 Å². The van der Waals surface area contributed by atoms with E-state index in [-0.39, 0.29) is 18.1 Å². The molecule has 2 bridgehead atoms. The molecule has 0 saturated carbocycles. The second-order valence-electron chi connectivity index (χ2n) is 6.40. The Hall–Kier alpha value is -1.35. The molecule has 3 atom stereocenters. The number of anilines is 1. The average Bonchev–Trinajstić information content (AvgIpc) is 2.80. The van der Waals surface area contributed by atoms with E-state index in [1.54, 1.807) is 17.2 Å². The van der Waals surface area contributed by atoms with Crippen molar-refractivity contribution in [3.63, 3.8) is 0 Å². The first-order valence-electron chi connectivity index (χ1n) is 7.91. The number of hydrogen-bond acceptors (Lipinski definition) is 4. The van der Waals surface area contributed by atoms with Crippen molar-refractivity contribution in [2.75, 3.05) is 5.32 Å². The van der Waals surface area contributed by atoms with Crippen molar-refractivity contribution in [2.24, 2.45) is 0 Å². The van der Waals surface area contributed by atoms with Crippen molar-refractivity contribution in [3.8, 4) is 0 Å². The SMILES string of the molecule is O=C(O)N1[C@@H]2CC[C@H]1CC(Nc1nc(Cl)cc3ncc(I)cc13)C2. The zero-order chi connectivity index (χ0) is 16.8. The van der Waals surface area contributed by atoms with Crippen molar-refractivity contribution in [1.82, 2.24) is 14.9 Å². The molecule has 24 heavy (non-hydrogen) atoms. The van der Waals surface area contributed by atoms with Crippen LogP contribution in [0.4, 0.5) is 10.6 Å². The van der Waals surface area contributed by atoms with E-state index in [2.05, 4.69) is 37.9 Å². The number of pyridine rings is 2. The molecule has 6 nitrogen and oxygen atoms in total. The molecule has 2 fully saturated rings. The molecule has 2 aliphatic rings. The van der Waals surface area contributed by atoms with Gasteiger partial charge in [0.25, 0.3) is 0 Å². The maximum absolute atomic E-state index is 11.4. The zero-order valence-electron chi connectivity index (χ0n) is 12.7. The summed E-state index contributed by atoms with van der Waals surface area (Å²) in [7, 11) is 0. The summed E-state index contributed by atoms with van der Waals surface area (Å²) in [6.07, 6.45) is 4.49. The molecule has 2 aromatic rings. The van der Waals surface area contributed by atoms with Crippen LogP contribution in [0.5, 0.6) is 0 Å². The van der Waals surface area contributed by atoms with Gasteiger partial charge >= 0.3 is 6.09 Å². The van der Waals surface area contributed by atoms with Gasteiger partial charge in [0.1, 0.15) is 11.0 Å². The lowest BCUT2D eigenvalue weighted by Crippen LogP contribution is -2.49. The first-order chi connectivity index (χ1) is 11.5. The Bertz CT molecular complexity index is 804. The van der Waals surface area contributed by atoms with Gasteiger partial charge in [-0.05, 0) is 54.3 Å². The average molecular weight is 459 g/mol. The van der Waals surface area contributed by atoms with E-state index >= 15 is 0 Å². The molecule has 4 heterocycles. The number of hydrogen-bond donors (Lipinski definition) is 2. The molecule has 8 heteroatoms. The van der Waals surface area contributed by atoms with Gasteiger partial charge < -0.3 is 15.3 Å². The third kappa shape index (κ3) is 2.88. The Balaban J connectivity index is 1.62. The molecule has 0 radical (unpaired) electrons. The van der Waals surface area contributed by atoms with Gasteiger partial charge in [-0.2, -0.15) is 0 Å². The van der Waals surface area contributed by atoms with Crippen LogP contribution >= 0.6 is 34.2 Å². The van der Waals surface area contributed by atoms with E-state index < -0.39 is 6.09 Å². The fourth-order valence-electron chi connectivity index (χ4n) is 3.98. The minimum Gasteiger partial charge on any atom is -0.465 e. The predicted octanol–water partition coefficient (Wildman–Crippen LogP) is 3.97. The highest BCUT2D eigenvalue weighted by Gasteiger charge is 2.43. The fourth-order valence-corrected chi connectivity index (χ4v) is 4.62. The summed E-state index contributed by atoms with van der Waals surface area (Å²) in [5.74, 6) is 0.733. The van der Waals surface area contributed by atoms with Gasteiger partial charge in [-0.3, -0.25) is 4.98 Å². The summed E-state index contributed by atoms with van der Waals surface area (Å²) in [6, 6.07) is 4.19. The van der Waals surface area contributed by atoms with E-state index in [9.17, 15) is 9.90 Å². The third-order valence-electron chi connectivity index (χ3n) is 4.91. The molecule has 126 valence electrons. The summed E-state index contributed by atoms with van der Waals surface area (Å²) in [4.78, 5) is 21.9. The smallest absolute Gasteiger partial charge is 0.407 e. The number of amides is 1. The van der Waals surface area contributed by atoms with Crippen LogP contribution in [0.3, 0.4) is 0 Å². The van der Waals surface area contributed by atoms with Gasteiger partial charge in [-0.25, -0.2) is 9.78 Å². The molecular formula is C16H16ClIN4O2. The van der Waals surface area contributed by atoms with Gasteiger partial charge in [0.2, 0.25) is 0 Å². The molecule has 4 rings (SSSR count). The van der Waals surface area contributed by atoms with E-state index in [0.29, 0.717) is 5.15 Å². The molecule has 1 amide bonds. The molecule has 2 saturated heterocycles. The molecule has 1 unspecified atom stereocenters. The van der Waals surface area contributed by atoms with E-state index in [4.69, 9.17) is 11.6 Å². The molecule has 2 aliphatic heterocycles. The van der Waals surface area contributed by atoms with Crippen LogP contribution in [0.1, 0.15) is 25.7 Å². The maximum Gasteiger partial charge on any atom is 0.407 e. The highest BCUT2D eigenvalue weighted by molar-refractivity contribution is 14.1. The van der Waals surface area contributed by atoms with E-state index in [1.807, 2.05) is 6.07 Å². The van der Waals surface area contributed by atoms with Crippen LogP contribution in [0, 0.1) is 3.57 Å². The highest BCUT2D eigenvalue weighted by atomic mass is 127. The standard InChI is InChI=1S/C16H16ClIN4O2/c17-14-6-13-12(3-8(18)7-19-13)15(21-14)20-9-4-10-1-2-11(5-9)22(10)16(23)24/h3,6-7,9-11H,1-2,4-5H2,(H,20,21)(H,23,24)/t9?,10-,11+. The third-order valence-corrected chi connectivity index (χ3v) is 5.69. The number of aromatic nitrogens is 2. The topological polar surface area (TPSA) is 78.4 Å². The van der Waals surface area contributed by atoms with Crippen molar-refractivity contribution in [1.29, 1.82) is 0 Å². The summed E-state index contributed by atoms with van der Waals surface area (Å²) in [6.45, 7) is 0. The lowest BCUT2D eigenvalue weighted by Gasteiger charge is -2.37. The maximum atomic E-state index is 11.4. The van der Waals surface area contributed by atoms with E-state index in [0.717, 1.165) is 46.0 Å². The molecule has 0 aliphatic carbocycles. The summed E-state index contributed by atoms with van der Waals surface area (Å²) < 4.78 is 1.04. The molecule has 0 spiro atoms. The number of piperidine rings is 1. The molecule has 2 N–H and O–H groups in total. The van der Waals surface area contributed by atoms with Crippen molar-refractivity contribution in [3.05, 3.63) is 27.1 Å². The summed E-state index contributed by atoms with van der Waals surface area (Å²) in [5, 5.41) is 14.2.